The molecule has 0 amide bonds. The van der Waals surface area contributed by atoms with E-state index in [9.17, 15) is 0 Å². The van der Waals surface area contributed by atoms with Gasteiger partial charge >= 0.3 is 0 Å². The minimum atomic E-state index is 0.270. The zero-order valence-electron chi connectivity index (χ0n) is 13.4. The normalized spacial score (nSPS) is 36.6. The summed E-state index contributed by atoms with van der Waals surface area (Å²) >= 11 is 2.10. The van der Waals surface area contributed by atoms with E-state index in [1.165, 1.54) is 32.2 Å². The minimum absolute atomic E-state index is 0.270. The molecular weight excluding hydrogens is 252 g/mol. The molecule has 2 rings (SSSR count). The second-order valence-corrected chi connectivity index (χ2v) is 8.45. The third-order valence-corrected chi connectivity index (χ3v) is 6.11. The molecule has 0 bridgehead atoms. The van der Waals surface area contributed by atoms with Crippen LogP contribution in [0.2, 0.25) is 0 Å². The third-order valence-electron chi connectivity index (χ3n) is 4.96. The van der Waals surface area contributed by atoms with Crippen LogP contribution < -0.4 is 5.32 Å². The molecule has 112 valence electrons. The van der Waals surface area contributed by atoms with E-state index in [2.05, 4.69) is 55.9 Å². The van der Waals surface area contributed by atoms with Gasteiger partial charge in [0.05, 0.1) is 0 Å². The maximum Gasteiger partial charge on any atom is 0.0253 e. The zero-order chi connectivity index (χ0) is 14.0. The predicted molar refractivity (Wildman–Crippen MR) is 87.0 cm³/mol. The van der Waals surface area contributed by atoms with Crippen molar-refractivity contribution >= 4 is 11.8 Å². The second-order valence-electron chi connectivity index (χ2n) is 7.37. The number of nitrogens with zero attached hydrogens (tertiary/aromatic N) is 1. The fourth-order valence-corrected chi connectivity index (χ4v) is 4.85. The van der Waals surface area contributed by atoms with Crippen molar-refractivity contribution in [1.29, 1.82) is 0 Å². The molecule has 1 heterocycles. The molecule has 2 fully saturated rings. The predicted octanol–water partition coefficient (Wildman–Crippen LogP) is 3.37. The summed E-state index contributed by atoms with van der Waals surface area (Å²) in [7, 11) is 0. The molecule has 3 atom stereocenters. The molecule has 19 heavy (non-hydrogen) atoms. The van der Waals surface area contributed by atoms with Gasteiger partial charge in [0.25, 0.3) is 0 Å². The minimum Gasteiger partial charge on any atom is -0.309 e. The summed E-state index contributed by atoms with van der Waals surface area (Å²) in [5.74, 6) is 0.744. The third kappa shape index (κ3) is 3.68. The van der Waals surface area contributed by atoms with Gasteiger partial charge in [0.2, 0.25) is 0 Å². The average molecular weight is 285 g/mol. The van der Waals surface area contributed by atoms with Crippen molar-refractivity contribution in [2.24, 2.45) is 5.92 Å². The number of thioether (sulfide) groups is 1. The van der Waals surface area contributed by atoms with Crippen molar-refractivity contribution in [3.05, 3.63) is 0 Å². The first-order valence-electron chi connectivity index (χ1n) is 7.98. The van der Waals surface area contributed by atoms with E-state index in [0.717, 1.165) is 23.8 Å². The van der Waals surface area contributed by atoms with E-state index >= 15 is 0 Å². The number of piperazine rings is 1. The van der Waals surface area contributed by atoms with Crippen LogP contribution >= 0.6 is 11.8 Å². The Morgan fingerprint density at radius 1 is 1.21 bits per heavy atom. The molecule has 1 aliphatic carbocycles. The van der Waals surface area contributed by atoms with Crippen molar-refractivity contribution in [3.8, 4) is 0 Å². The van der Waals surface area contributed by atoms with Crippen molar-refractivity contribution in [2.45, 2.75) is 76.3 Å². The van der Waals surface area contributed by atoms with Gasteiger partial charge in [-0.15, -0.1) is 0 Å². The van der Waals surface area contributed by atoms with Gasteiger partial charge in [0.1, 0.15) is 0 Å². The van der Waals surface area contributed by atoms with Crippen LogP contribution in [-0.2, 0) is 0 Å². The van der Waals surface area contributed by atoms with Gasteiger partial charge in [-0.05, 0) is 38.9 Å². The summed E-state index contributed by atoms with van der Waals surface area (Å²) in [5.41, 5.74) is 0.270. The Labute approximate surface area is 124 Å². The highest BCUT2D eigenvalue weighted by Gasteiger charge is 2.40. The number of hydrogen-bond donors (Lipinski definition) is 1. The molecule has 0 aromatic carbocycles. The maximum absolute atomic E-state index is 3.74. The van der Waals surface area contributed by atoms with E-state index in [0.29, 0.717) is 6.04 Å². The molecule has 1 N–H and O–H groups in total. The highest BCUT2D eigenvalue weighted by atomic mass is 32.2. The van der Waals surface area contributed by atoms with Crippen molar-refractivity contribution < 1.29 is 0 Å². The number of nitrogens with one attached hydrogen (secondary N) is 1. The smallest absolute Gasteiger partial charge is 0.0253 e. The summed E-state index contributed by atoms with van der Waals surface area (Å²) in [6, 6.07) is 1.52. The quantitative estimate of drug-likeness (QED) is 0.855. The second kappa shape index (κ2) is 6.36. The molecule has 0 aromatic rings. The maximum atomic E-state index is 3.74. The first-order chi connectivity index (χ1) is 8.94. The topological polar surface area (TPSA) is 15.3 Å². The van der Waals surface area contributed by atoms with Gasteiger partial charge in [0.15, 0.2) is 0 Å². The van der Waals surface area contributed by atoms with Gasteiger partial charge in [-0.25, -0.2) is 0 Å². The molecule has 2 nitrogen and oxygen atoms in total. The number of rotatable bonds is 3. The lowest BCUT2D eigenvalue weighted by Gasteiger charge is -2.52. The van der Waals surface area contributed by atoms with Crippen LogP contribution in [0.4, 0.5) is 0 Å². The first-order valence-corrected chi connectivity index (χ1v) is 9.27. The lowest BCUT2D eigenvalue weighted by molar-refractivity contribution is 0.0207. The van der Waals surface area contributed by atoms with Gasteiger partial charge in [0, 0.05) is 36.0 Å². The molecule has 0 aromatic heterocycles. The van der Waals surface area contributed by atoms with Crippen LogP contribution in [0.5, 0.6) is 0 Å². The molecule has 3 unspecified atom stereocenters. The van der Waals surface area contributed by atoms with Gasteiger partial charge < -0.3 is 5.32 Å². The lowest BCUT2D eigenvalue weighted by Crippen LogP contribution is -2.66. The van der Waals surface area contributed by atoms with Crippen molar-refractivity contribution in [2.75, 3.05) is 19.3 Å². The molecule has 1 aliphatic heterocycles. The molecule has 1 saturated heterocycles. The molecule has 0 spiro atoms. The van der Waals surface area contributed by atoms with Crippen LogP contribution in [0, 0.1) is 5.92 Å². The van der Waals surface area contributed by atoms with E-state index in [1.807, 2.05) is 0 Å². The lowest BCUT2D eigenvalue weighted by atomic mass is 9.86. The molecule has 3 heteroatoms. The highest BCUT2D eigenvalue weighted by molar-refractivity contribution is 7.99. The average Bonchev–Trinajstić information content (AvgIpc) is 2.37. The zero-order valence-corrected chi connectivity index (χ0v) is 14.2. The van der Waals surface area contributed by atoms with Crippen molar-refractivity contribution in [1.82, 2.24) is 10.2 Å². The molecule has 2 aliphatic rings. The Morgan fingerprint density at radius 2 is 1.89 bits per heavy atom. The Kier molecular flexibility index (Phi) is 5.24. The Hall–Kier alpha value is 0.270. The highest BCUT2D eigenvalue weighted by Crippen LogP contribution is 2.34. The summed E-state index contributed by atoms with van der Waals surface area (Å²) in [6.45, 7) is 11.8. The van der Waals surface area contributed by atoms with E-state index in [4.69, 9.17) is 0 Å². The standard InChI is InChI=1S/C16H32N2S/c1-12(2)14-10-17-16(3,4)11-18(14)13-8-6-7-9-15(13)19-5/h12-15,17H,6-11H2,1-5H3. The monoisotopic (exact) mass is 284 g/mol. The fourth-order valence-electron chi connectivity index (χ4n) is 3.84. The largest absolute Gasteiger partial charge is 0.309 e. The SMILES string of the molecule is CSC1CCCCC1N1CC(C)(C)NCC1C(C)C. The van der Waals surface area contributed by atoms with Gasteiger partial charge in [-0.2, -0.15) is 11.8 Å². The van der Waals surface area contributed by atoms with Crippen LogP contribution in [0.3, 0.4) is 0 Å². The van der Waals surface area contributed by atoms with Crippen LogP contribution in [0.15, 0.2) is 0 Å². The van der Waals surface area contributed by atoms with E-state index < -0.39 is 0 Å². The Balaban J connectivity index is 2.15. The first kappa shape index (κ1) is 15.7. The fraction of sp³-hybridized carbons (Fsp3) is 1.00. The van der Waals surface area contributed by atoms with Gasteiger partial charge in [-0.3, -0.25) is 4.90 Å². The summed E-state index contributed by atoms with van der Waals surface area (Å²) in [6.07, 6.45) is 7.99. The number of hydrogen-bond acceptors (Lipinski definition) is 3. The van der Waals surface area contributed by atoms with Crippen molar-refractivity contribution in [3.63, 3.8) is 0 Å². The Bertz CT molecular complexity index is 290. The molecular formula is C16H32N2S. The molecule has 0 radical (unpaired) electrons. The van der Waals surface area contributed by atoms with E-state index in [-0.39, 0.29) is 5.54 Å². The van der Waals surface area contributed by atoms with Gasteiger partial charge in [-0.1, -0.05) is 26.7 Å². The summed E-state index contributed by atoms with van der Waals surface area (Å²) < 4.78 is 0. The summed E-state index contributed by atoms with van der Waals surface area (Å²) in [4.78, 5) is 2.86. The summed E-state index contributed by atoms with van der Waals surface area (Å²) in [5, 5.41) is 4.59. The van der Waals surface area contributed by atoms with Crippen LogP contribution in [0.25, 0.3) is 0 Å². The molecule has 1 saturated carbocycles. The van der Waals surface area contributed by atoms with Crippen LogP contribution in [-0.4, -0.2) is 47.1 Å². The Morgan fingerprint density at radius 3 is 2.53 bits per heavy atom. The van der Waals surface area contributed by atoms with Crippen LogP contribution in [0.1, 0.15) is 53.4 Å². The van der Waals surface area contributed by atoms with E-state index in [1.54, 1.807) is 0 Å².